The van der Waals surface area contributed by atoms with Gasteiger partial charge in [0.2, 0.25) is 10.0 Å². The summed E-state index contributed by atoms with van der Waals surface area (Å²) in [6.07, 6.45) is 1.64. The average molecular weight is 302 g/mol. The molecule has 1 saturated heterocycles. The van der Waals surface area contributed by atoms with Crippen molar-refractivity contribution >= 4 is 15.7 Å². The molecule has 0 aromatic heterocycles. The first-order valence-corrected chi connectivity index (χ1v) is 8.20. The minimum Gasteiger partial charge on any atom is -0.497 e. The zero-order chi connectivity index (χ0) is 14.6. The standard InChI is InChI=1S/C13H19FN2O3S/c1-19-11-2-3-12(14)13(8-11)16-20(17,18)9-10-4-6-15-7-5-10/h2-3,8,10,15-16H,4-7,9H2,1H3. The van der Waals surface area contributed by atoms with Crippen LogP contribution in [0.25, 0.3) is 0 Å². The van der Waals surface area contributed by atoms with Crippen LogP contribution in [0.5, 0.6) is 5.75 Å². The van der Waals surface area contributed by atoms with Crippen molar-refractivity contribution in [3.63, 3.8) is 0 Å². The van der Waals surface area contributed by atoms with Gasteiger partial charge < -0.3 is 10.1 Å². The summed E-state index contributed by atoms with van der Waals surface area (Å²) in [7, 11) is -2.11. The van der Waals surface area contributed by atoms with Gasteiger partial charge in [0.1, 0.15) is 11.6 Å². The molecule has 1 aromatic rings. The van der Waals surface area contributed by atoms with Gasteiger partial charge >= 0.3 is 0 Å². The summed E-state index contributed by atoms with van der Waals surface area (Å²) in [6.45, 7) is 1.65. The van der Waals surface area contributed by atoms with Crippen molar-refractivity contribution < 1.29 is 17.5 Å². The van der Waals surface area contributed by atoms with E-state index in [-0.39, 0.29) is 17.4 Å². The monoisotopic (exact) mass is 302 g/mol. The second-order valence-corrected chi connectivity index (χ2v) is 6.69. The van der Waals surface area contributed by atoms with E-state index in [4.69, 9.17) is 4.74 Å². The second kappa shape index (κ2) is 6.41. The molecule has 0 aliphatic carbocycles. The summed E-state index contributed by atoms with van der Waals surface area (Å²) in [4.78, 5) is 0. The number of ether oxygens (including phenoxy) is 1. The maximum atomic E-state index is 13.6. The lowest BCUT2D eigenvalue weighted by molar-refractivity contribution is 0.402. The molecule has 1 fully saturated rings. The molecule has 1 aliphatic heterocycles. The molecule has 1 aliphatic rings. The van der Waals surface area contributed by atoms with Gasteiger partial charge in [-0.15, -0.1) is 0 Å². The number of sulfonamides is 1. The minimum atomic E-state index is -3.56. The summed E-state index contributed by atoms with van der Waals surface area (Å²) < 4.78 is 45.1. The van der Waals surface area contributed by atoms with E-state index in [1.165, 1.54) is 25.3 Å². The van der Waals surface area contributed by atoms with Gasteiger partial charge in [-0.05, 0) is 44.0 Å². The predicted molar refractivity (Wildman–Crippen MR) is 76.0 cm³/mol. The molecule has 0 radical (unpaired) electrons. The highest BCUT2D eigenvalue weighted by molar-refractivity contribution is 7.92. The van der Waals surface area contributed by atoms with Crippen LogP contribution >= 0.6 is 0 Å². The largest absolute Gasteiger partial charge is 0.497 e. The van der Waals surface area contributed by atoms with E-state index in [1.807, 2.05) is 0 Å². The van der Waals surface area contributed by atoms with Gasteiger partial charge in [-0.3, -0.25) is 4.72 Å². The molecule has 5 nitrogen and oxygen atoms in total. The lowest BCUT2D eigenvalue weighted by Crippen LogP contribution is -2.33. The van der Waals surface area contributed by atoms with E-state index >= 15 is 0 Å². The summed E-state index contributed by atoms with van der Waals surface area (Å²) >= 11 is 0. The maximum absolute atomic E-state index is 13.6. The molecule has 0 amide bonds. The van der Waals surface area contributed by atoms with Gasteiger partial charge in [-0.1, -0.05) is 0 Å². The smallest absolute Gasteiger partial charge is 0.233 e. The van der Waals surface area contributed by atoms with Crippen LogP contribution in [0, 0.1) is 11.7 Å². The molecule has 2 N–H and O–H groups in total. The van der Waals surface area contributed by atoms with Crippen molar-refractivity contribution in [2.75, 3.05) is 30.7 Å². The van der Waals surface area contributed by atoms with Crippen molar-refractivity contribution in [2.24, 2.45) is 5.92 Å². The van der Waals surface area contributed by atoms with Crippen LogP contribution in [-0.4, -0.2) is 34.4 Å². The van der Waals surface area contributed by atoms with Crippen LogP contribution in [0.3, 0.4) is 0 Å². The van der Waals surface area contributed by atoms with Crippen LogP contribution in [0.4, 0.5) is 10.1 Å². The highest BCUT2D eigenvalue weighted by Crippen LogP contribution is 2.23. The van der Waals surface area contributed by atoms with Crippen LogP contribution in [-0.2, 0) is 10.0 Å². The number of rotatable bonds is 5. The highest BCUT2D eigenvalue weighted by atomic mass is 32.2. The predicted octanol–water partition coefficient (Wildman–Crippen LogP) is 1.58. The SMILES string of the molecule is COc1ccc(F)c(NS(=O)(=O)CC2CCNCC2)c1. The van der Waals surface area contributed by atoms with E-state index in [2.05, 4.69) is 10.0 Å². The number of benzene rings is 1. The Balaban J connectivity index is 2.07. The summed E-state index contributed by atoms with van der Waals surface area (Å²) in [6, 6.07) is 3.97. The molecule has 0 saturated carbocycles. The fourth-order valence-electron chi connectivity index (χ4n) is 2.28. The third-order valence-electron chi connectivity index (χ3n) is 3.35. The first kappa shape index (κ1) is 15.1. The van der Waals surface area contributed by atoms with Crippen molar-refractivity contribution in [3.8, 4) is 5.75 Å². The zero-order valence-electron chi connectivity index (χ0n) is 11.4. The Bertz CT molecular complexity index is 557. The number of nitrogens with one attached hydrogen (secondary N) is 2. The molecule has 7 heteroatoms. The average Bonchev–Trinajstić information content (AvgIpc) is 2.41. The molecule has 0 atom stereocenters. The van der Waals surface area contributed by atoms with E-state index < -0.39 is 15.8 Å². The lowest BCUT2D eigenvalue weighted by atomic mass is 10.0. The maximum Gasteiger partial charge on any atom is 0.233 e. The van der Waals surface area contributed by atoms with Crippen LogP contribution < -0.4 is 14.8 Å². The Morgan fingerprint density at radius 1 is 1.40 bits per heavy atom. The van der Waals surface area contributed by atoms with Gasteiger partial charge in [0.05, 0.1) is 18.6 Å². The molecular weight excluding hydrogens is 283 g/mol. The fourth-order valence-corrected chi connectivity index (χ4v) is 3.81. The van der Waals surface area contributed by atoms with Crippen LogP contribution in [0.2, 0.25) is 0 Å². The number of hydrogen-bond acceptors (Lipinski definition) is 4. The summed E-state index contributed by atoms with van der Waals surface area (Å²) in [5, 5.41) is 3.18. The molecule has 2 rings (SSSR count). The topological polar surface area (TPSA) is 67.4 Å². The number of methoxy groups -OCH3 is 1. The molecule has 0 spiro atoms. The van der Waals surface area contributed by atoms with Crippen LogP contribution in [0.15, 0.2) is 18.2 Å². The van der Waals surface area contributed by atoms with Gasteiger partial charge in [-0.2, -0.15) is 0 Å². The minimum absolute atomic E-state index is 0.0192. The van der Waals surface area contributed by atoms with E-state index in [0.29, 0.717) is 5.75 Å². The van der Waals surface area contributed by atoms with Crippen molar-refractivity contribution in [1.82, 2.24) is 5.32 Å². The Morgan fingerprint density at radius 3 is 2.75 bits per heavy atom. The molecule has 0 unspecified atom stereocenters. The van der Waals surface area contributed by atoms with Crippen molar-refractivity contribution in [3.05, 3.63) is 24.0 Å². The fraction of sp³-hybridized carbons (Fsp3) is 0.538. The quantitative estimate of drug-likeness (QED) is 0.866. The lowest BCUT2D eigenvalue weighted by Gasteiger charge is -2.22. The number of halogens is 1. The third kappa shape index (κ3) is 4.08. The van der Waals surface area contributed by atoms with E-state index in [9.17, 15) is 12.8 Å². The van der Waals surface area contributed by atoms with Gasteiger partial charge in [0.25, 0.3) is 0 Å². The molecule has 0 bridgehead atoms. The Hall–Kier alpha value is -1.34. The first-order chi connectivity index (χ1) is 9.50. The van der Waals surface area contributed by atoms with Gasteiger partial charge in [0.15, 0.2) is 0 Å². The number of piperidine rings is 1. The third-order valence-corrected chi connectivity index (χ3v) is 4.79. The van der Waals surface area contributed by atoms with E-state index in [1.54, 1.807) is 0 Å². The second-order valence-electron chi connectivity index (χ2n) is 4.92. The normalized spacial score (nSPS) is 16.9. The first-order valence-electron chi connectivity index (χ1n) is 6.55. The molecule has 1 aromatic carbocycles. The Morgan fingerprint density at radius 2 is 2.10 bits per heavy atom. The number of anilines is 1. The molecule has 20 heavy (non-hydrogen) atoms. The highest BCUT2D eigenvalue weighted by Gasteiger charge is 2.22. The summed E-state index contributed by atoms with van der Waals surface area (Å²) in [5.74, 6) is -0.0706. The van der Waals surface area contributed by atoms with Crippen molar-refractivity contribution in [2.45, 2.75) is 12.8 Å². The van der Waals surface area contributed by atoms with Crippen molar-refractivity contribution in [1.29, 1.82) is 0 Å². The molecule has 112 valence electrons. The Kier molecular flexibility index (Phi) is 4.82. The van der Waals surface area contributed by atoms with Crippen LogP contribution in [0.1, 0.15) is 12.8 Å². The number of hydrogen-bond donors (Lipinski definition) is 2. The molecule has 1 heterocycles. The van der Waals surface area contributed by atoms with Gasteiger partial charge in [-0.25, -0.2) is 12.8 Å². The zero-order valence-corrected chi connectivity index (χ0v) is 12.2. The molecular formula is C13H19FN2O3S. The summed E-state index contributed by atoms with van der Waals surface area (Å²) in [5.41, 5.74) is -0.0710. The Labute approximate surface area is 118 Å². The van der Waals surface area contributed by atoms with E-state index in [0.717, 1.165) is 25.9 Å². The van der Waals surface area contributed by atoms with Gasteiger partial charge in [0, 0.05) is 6.07 Å².